The molecule has 6 heteroatoms. The molecule has 0 bridgehead atoms. The molecule has 2 aromatic carbocycles. The predicted octanol–water partition coefficient (Wildman–Crippen LogP) is 4.07. The number of aryl methyl sites for hydroxylation is 1. The second kappa shape index (κ2) is 10.8. The van der Waals surface area contributed by atoms with Crippen LogP contribution in [0.4, 0.5) is 5.69 Å². The summed E-state index contributed by atoms with van der Waals surface area (Å²) in [5.41, 5.74) is 8.14. The number of rotatable bonds is 7. The van der Waals surface area contributed by atoms with Gasteiger partial charge in [0.1, 0.15) is 17.6 Å². The minimum absolute atomic E-state index is 0. The van der Waals surface area contributed by atoms with E-state index >= 15 is 0 Å². The van der Waals surface area contributed by atoms with E-state index in [-0.39, 0.29) is 30.1 Å². The fraction of sp³-hybridized carbons (Fsp3) is 0.316. The van der Waals surface area contributed by atoms with Crippen LogP contribution in [0.2, 0.25) is 0 Å². The molecule has 2 rings (SSSR count). The smallest absolute Gasteiger partial charge is 0.193 e. The fourth-order valence-corrected chi connectivity index (χ4v) is 2.23. The van der Waals surface area contributed by atoms with E-state index in [9.17, 15) is 0 Å². The van der Waals surface area contributed by atoms with Crippen molar-refractivity contribution >= 4 is 35.6 Å². The lowest BCUT2D eigenvalue weighted by molar-refractivity contribution is 0.229. The zero-order valence-corrected chi connectivity index (χ0v) is 17.2. The molecule has 0 aliphatic rings. The molecule has 0 saturated carbocycles. The Labute approximate surface area is 166 Å². The number of nitrogens with zero attached hydrogens (tertiary/aromatic N) is 1. The van der Waals surface area contributed by atoms with Gasteiger partial charge in [0.05, 0.1) is 13.7 Å². The highest BCUT2D eigenvalue weighted by Crippen LogP contribution is 2.20. The molecule has 0 heterocycles. The first-order valence-corrected chi connectivity index (χ1v) is 8.07. The largest absolute Gasteiger partial charge is 0.497 e. The molecule has 0 amide bonds. The van der Waals surface area contributed by atoms with Crippen molar-refractivity contribution in [2.75, 3.05) is 19.0 Å². The highest BCUT2D eigenvalue weighted by Gasteiger charge is 2.05. The molecule has 0 saturated heterocycles. The van der Waals surface area contributed by atoms with Gasteiger partial charge in [-0.25, -0.2) is 4.99 Å². The van der Waals surface area contributed by atoms with Crippen LogP contribution in [0.1, 0.15) is 19.4 Å². The molecule has 0 aliphatic heterocycles. The second-order valence-electron chi connectivity index (χ2n) is 5.51. The summed E-state index contributed by atoms with van der Waals surface area (Å²) in [7, 11) is 1.63. The monoisotopic (exact) mass is 455 g/mol. The van der Waals surface area contributed by atoms with Crippen molar-refractivity contribution < 1.29 is 9.47 Å². The molecule has 25 heavy (non-hydrogen) atoms. The van der Waals surface area contributed by atoms with Crippen LogP contribution in [0.15, 0.2) is 53.5 Å². The molecule has 2 aromatic rings. The van der Waals surface area contributed by atoms with Crippen LogP contribution < -0.4 is 20.5 Å². The van der Waals surface area contributed by atoms with Gasteiger partial charge in [-0.2, -0.15) is 0 Å². The Balaban J connectivity index is 0.00000312. The Kier molecular flexibility index (Phi) is 9.12. The summed E-state index contributed by atoms with van der Waals surface area (Å²) in [5.74, 6) is 1.89. The zero-order chi connectivity index (χ0) is 17.4. The van der Waals surface area contributed by atoms with Gasteiger partial charge in [-0.1, -0.05) is 25.1 Å². The van der Waals surface area contributed by atoms with Crippen LogP contribution in [0, 0.1) is 0 Å². The Bertz CT molecular complexity index is 692. The van der Waals surface area contributed by atoms with Crippen LogP contribution in [0.3, 0.4) is 0 Å². The van der Waals surface area contributed by atoms with Gasteiger partial charge in [-0.3, -0.25) is 0 Å². The van der Waals surface area contributed by atoms with Crippen molar-refractivity contribution in [3.63, 3.8) is 0 Å². The third-order valence-corrected chi connectivity index (χ3v) is 3.50. The number of ether oxygens (including phenoxy) is 2. The number of methoxy groups -OCH3 is 1. The van der Waals surface area contributed by atoms with E-state index in [2.05, 4.69) is 29.4 Å². The highest BCUT2D eigenvalue weighted by molar-refractivity contribution is 14.0. The summed E-state index contributed by atoms with van der Waals surface area (Å²) in [5, 5.41) is 3.11. The van der Waals surface area contributed by atoms with Crippen LogP contribution in [-0.2, 0) is 6.42 Å². The molecule has 0 radical (unpaired) electrons. The van der Waals surface area contributed by atoms with Gasteiger partial charge >= 0.3 is 0 Å². The molecule has 5 nitrogen and oxygen atoms in total. The van der Waals surface area contributed by atoms with E-state index in [1.54, 1.807) is 7.11 Å². The van der Waals surface area contributed by atoms with Gasteiger partial charge in [0.25, 0.3) is 0 Å². The molecule has 0 fully saturated rings. The highest BCUT2D eigenvalue weighted by atomic mass is 127. The lowest BCUT2D eigenvalue weighted by atomic mass is 10.1. The van der Waals surface area contributed by atoms with Crippen LogP contribution in [-0.4, -0.2) is 25.7 Å². The molecular formula is C19H26IN3O2. The minimum Gasteiger partial charge on any atom is -0.497 e. The quantitative estimate of drug-likeness (QED) is 0.375. The molecule has 1 atom stereocenters. The lowest BCUT2D eigenvalue weighted by Gasteiger charge is -2.14. The summed E-state index contributed by atoms with van der Waals surface area (Å²) < 4.78 is 11.0. The van der Waals surface area contributed by atoms with Gasteiger partial charge in [0, 0.05) is 11.8 Å². The third kappa shape index (κ3) is 7.21. The molecule has 136 valence electrons. The third-order valence-electron chi connectivity index (χ3n) is 3.50. The maximum absolute atomic E-state index is 5.95. The predicted molar refractivity (Wildman–Crippen MR) is 114 cm³/mol. The van der Waals surface area contributed by atoms with Crippen molar-refractivity contribution in [2.45, 2.75) is 26.4 Å². The van der Waals surface area contributed by atoms with Crippen molar-refractivity contribution in [3.05, 3.63) is 54.1 Å². The number of aliphatic imine (C=N–C) groups is 1. The average molecular weight is 455 g/mol. The number of halogens is 1. The Morgan fingerprint density at radius 3 is 2.60 bits per heavy atom. The molecule has 0 aliphatic carbocycles. The number of hydrogen-bond acceptors (Lipinski definition) is 3. The lowest BCUT2D eigenvalue weighted by Crippen LogP contribution is -2.25. The fourth-order valence-electron chi connectivity index (χ4n) is 2.23. The number of nitrogens with one attached hydrogen (secondary N) is 1. The van der Waals surface area contributed by atoms with Gasteiger partial charge in [0.15, 0.2) is 5.96 Å². The summed E-state index contributed by atoms with van der Waals surface area (Å²) >= 11 is 0. The first-order chi connectivity index (χ1) is 11.6. The summed E-state index contributed by atoms with van der Waals surface area (Å²) in [4.78, 5) is 4.34. The SMILES string of the molecule is CCc1cccc(NC(N)=NCC(C)Oc2cccc(OC)c2)c1.I. The van der Waals surface area contributed by atoms with E-state index in [0.29, 0.717) is 12.5 Å². The molecule has 1 unspecified atom stereocenters. The number of anilines is 1. The Morgan fingerprint density at radius 2 is 1.88 bits per heavy atom. The first-order valence-electron chi connectivity index (χ1n) is 8.07. The molecule has 3 N–H and O–H groups in total. The number of hydrogen-bond donors (Lipinski definition) is 2. The normalized spacial score (nSPS) is 12.0. The van der Waals surface area contributed by atoms with Gasteiger partial charge in [0.2, 0.25) is 0 Å². The number of benzene rings is 2. The summed E-state index contributed by atoms with van der Waals surface area (Å²) in [6, 6.07) is 15.6. The first kappa shape index (κ1) is 21.1. The molecule has 0 spiro atoms. The number of guanidine groups is 1. The van der Waals surface area contributed by atoms with Crippen LogP contribution >= 0.6 is 24.0 Å². The standard InChI is InChI=1S/C19H25N3O2.HI/c1-4-15-7-5-8-16(11-15)22-19(20)21-13-14(2)24-18-10-6-9-17(12-18)23-3;/h5-12,14H,4,13H2,1-3H3,(H3,20,21,22);1H. The zero-order valence-electron chi connectivity index (χ0n) is 14.9. The number of nitrogens with two attached hydrogens (primary N) is 1. The van der Waals surface area contributed by atoms with Crippen molar-refractivity contribution in [1.82, 2.24) is 0 Å². The van der Waals surface area contributed by atoms with Gasteiger partial charge in [-0.15, -0.1) is 24.0 Å². The maximum atomic E-state index is 5.95. The summed E-state index contributed by atoms with van der Waals surface area (Å²) in [6.45, 7) is 4.53. The van der Waals surface area contributed by atoms with E-state index in [1.165, 1.54) is 5.56 Å². The van der Waals surface area contributed by atoms with Gasteiger partial charge < -0.3 is 20.5 Å². The Morgan fingerprint density at radius 1 is 1.16 bits per heavy atom. The van der Waals surface area contributed by atoms with Crippen LogP contribution in [0.5, 0.6) is 11.5 Å². The van der Waals surface area contributed by atoms with E-state index in [0.717, 1.165) is 23.6 Å². The van der Waals surface area contributed by atoms with E-state index < -0.39 is 0 Å². The summed E-state index contributed by atoms with van der Waals surface area (Å²) in [6.07, 6.45) is 0.886. The van der Waals surface area contributed by atoms with Gasteiger partial charge in [-0.05, 0) is 43.2 Å². The average Bonchev–Trinajstić information content (AvgIpc) is 2.60. The van der Waals surface area contributed by atoms with Crippen molar-refractivity contribution in [3.8, 4) is 11.5 Å². The topological polar surface area (TPSA) is 68.9 Å². The maximum Gasteiger partial charge on any atom is 0.193 e. The molecule has 0 aromatic heterocycles. The van der Waals surface area contributed by atoms with Crippen molar-refractivity contribution in [2.24, 2.45) is 10.7 Å². The van der Waals surface area contributed by atoms with E-state index in [1.807, 2.05) is 43.3 Å². The Hall–Kier alpha value is -1.96. The molecular weight excluding hydrogens is 429 g/mol. The van der Waals surface area contributed by atoms with E-state index in [4.69, 9.17) is 15.2 Å². The second-order valence-corrected chi connectivity index (χ2v) is 5.51. The van der Waals surface area contributed by atoms with Crippen molar-refractivity contribution in [1.29, 1.82) is 0 Å². The minimum atomic E-state index is -0.0977. The van der Waals surface area contributed by atoms with Crippen LogP contribution in [0.25, 0.3) is 0 Å².